The molecule has 0 unspecified atom stereocenters. The molecule has 0 saturated carbocycles. The van der Waals surface area contributed by atoms with Crippen molar-refractivity contribution >= 4 is 56.2 Å². The summed E-state index contributed by atoms with van der Waals surface area (Å²) >= 11 is 4.71. The van der Waals surface area contributed by atoms with Crippen LogP contribution in [0.25, 0.3) is 6.08 Å². The molecule has 35 heavy (non-hydrogen) atoms. The third kappa shape index (κ3) is 5.31. The number of thioether (sulfide) groups is 1. The molecule has 4 rings (SSSR count). The number of phenolic OH excluding ortho intramolecular Hbond substituents is 1. The number of halogens is 1. The molecule has 180 valence electrons. The van der Waals surface area contributed by atoms with E-state index in [9.17, 15) is 9.90 Å². The summed E-state index contributed by atoms with van der Waals surface area (Å²) in [5, 5.41) is 10.9. The van der Waals surface area contributed by atoms with Crippen molar-refractivity contribution < 1.29 is 14.6 Å². The molecular weight excluding hydrogens is 524 g/mol. The highest BCUT2D eigenvalue weighted by Gasteiger charge is 2.35. The van der Waals surface area contributed by atoms with Crippen molar-refractivity contribution in [1.29, 1.82) is 0 Å². The number of anilines is 1. The Morgan fingerprint density at radius 1 is 1.00 bits per heavy atom. The molecule has 0 spiro atoms. The second-order valence-corrected chi connectivity index (χ2v) is 10.3. The molecule has 3 aromatic carbocycles. The van der Waals surface area contributed by atoms with Gasteiger partial charge in [-0.25, -0.2) is 4.99 Å². The summed E-state index contributed by atoms with van der Waals surface area (Å²) in [6, 6.07) is 15.5. The molecule has 7 heteroatoms. The van der Waals surface area contributed by atoms with Crippen molar-refractivity contribution in [3.8, 4) is 11.5 Å². The Bertz CT molecular complexity index is 1380. The van der Waals surface area contributed by atoms with Gasteiger partial charge in [0.15, 0.2) is 16.7 Å². The van der Waals surface area contributed by atoms with E-state index in [1.54, 1.807) is 23.1 Å². The van der Waals surface area contributed by atoms with Gasteiger partial charge < -0.3 is 9.84 Å². The van der Waals surface area contributed by atoms with Crippen LogP contribution in [0.2, 0.25) is 0 Å². The van der Waals surface area contributed by atoms with Gasteiger partial charge in [0, 0.05) is 0 Å². The molecule has 5 nitrogen and oxygen atoms in total. The fourth-order valence-corrected chi connectivity index (χ4v) is 5.10. The van der Waals surface area contributed by atoms with E-state index in [1.165, 1.54) is 17.3 Å². The van der Waals surface area contributed by atoms with Crippen molar-refractivity contribution in [3.63, 3.8) is 0 Å². The summed E-state index contributed by atoms with van der Waals surface area (Å²) in [7, 11) is 0. The average Bonchev–Trinajstić information content (AvgIpc) is 3.10. The number of amidine groups is 1. The second kappa shape index (κ2) is 10.3. The fourth-order valence-electron chi connectivity index (χ4n) is 3.64. The van der Waals surface area contributed by atoms with E-state index in [2.05, 4.69) is 29.8 Å². The summed E-state index contributed by atoms with van der Waals surface area (Å²) in [4.78, 5) is 20.7. The van der Waals surface area contributed by atoms with Gasteiger partial charge in [0.1, 0.15) is 0 Å². The number of carbonyl (C=O) groups excluding carboxylic acids is 1. The summed E-state index contributed by atoms with van der Waals surface area (Å²) < 4.78 is 6.05. The van der Waals surface area contributed by atoms with E-state index in [4.69, 9.17) is 9.73 Å². The molecule has 1 fully saturated rings. The van der Waals surface area contributed by atoms with Crippen LogP contribution in [0.3, 0.4) is 0 Å². The number of amides is 1. The smallest absolute Gasteiger partial charge is 0.271 e. The van der Waals surface area contributed by atoms with Crippen LogP contribution in [0.5, 0.6) is 11.5 Å². The first-order valence-electron chi connectivity index (χ1n) is 11.3. The minimum Gasteiger partial charge on any atom is -0.503 e. The average molecular weight is 552 g/mol. The zero-order chi connectivity index (χ0) is 25.3. The van der Waals surface area contributed by atoms with Crippen molar-refractivity contribution in [2.75, 3.05) is 11.5 Å². The molecular formula is C28H27BrN2O3S. The number of aryl methyl sites for hydroxylation is 4. The lowest BCUT2D eigenvalue weighted by molar-refractivity contribution is -0.113. The van der Waals surface area contributed by atoms with Gasteiger partial charge in [0.25, 0.3) is 5.91 Å². The third-order valence-corrected chi connectivity index (χ3v) is 7.49. The largest absolute Gasteiger partial charge is 0.503 e. The minimum atomic E-state index is -0.150. The highest BCUT2D eigenvalue weighted by molar-refractivity contribution is 9.10. The molecule has 1 aliphatic rings. The van der Waals surface area contributed by atoms with E-state index in [0.717, 1.165) is 33.6 Å². The van der Waals surface area contributed by atoms with Gasteiger partial charge in [-0.2, -0.15) is 0 Å². The molecule has 1 amide bonds. The first-order chi connectivity index (χ1) is 16.7. The molecule has 0 radical (unpaired) electrons. The predicted molar refractivity (Wildman–Crippen MR) is 149 cm³/mol. The standard InChI is InChI=1S/C28H27BrN2O3S/c1-6-34-24-14-20(13-23(29)26(24)32)15-25-27(33)31(22-10-8-17(3)19(5)12-22)28(35-25)30-21-9-7-16(2)18(4)11-21/h7-15,32H,6H2,1-5H3/b25-15+,30-28?. The van der Waals surface area contributed by atoms with E-state index < -0.39 is 0 Å². The number of carbonyl (C=O) groups is 1. The van der Waals surface area contributed by atoms with Crippen molar-refractivity contribution in [3.05, 3.63) is 85.7 Å². The molecule has 0 aromatic heterocycles. The highest BCUT2D eigenvalue weighted by Crippen LogP contribution is 2.40. The number of ether oxygens (including phenoxy) is 1. The number of aliphatic imine (C=N–C) groups is 1. The van der Waals surface area contributed by atoms with Gasteiger partial charge >= 0.3 is 0 Å². The van der Waals surface area contributed by atoms with Crippen LogP contribution in [0.15, 0.2) is 62.9 Å². The fraction of sp³-hybridized carbons (Fsp3) is 0.214. The number of rotatable bonds is 5. The first-order valence-corrected chi connectivity index (χ1v) is 12.9. The van der Waals surface area contributed by atoms with Crippen LogP contribution >= 0.6 is 27.7 Å². The van der Waals surface area contributed by atoms with Gasteiger partial charge in [-0.1, -0.05) is 12.1 Å². The zero-order valence-electron chi connectivity index (χ0n) is 20.3. The third-order valence-electron chi connectivity index (χ3n) is 5.92. The normalized spacial score (nSPS) is 15.9. The Hall–Kier alpha value is -3.03. The SMILES string of the molecule is CCOc1cc(/C=C2/SC(=Nc3ccc(C)c(C)c3)N(c3ccc(C)c(C)c3)C2=O)cc(Br)c1O. The molecule has 0 aliphatic carbocycles. The molecule has 1 aliphatic heterocycles. The molecule has 1 saturated heterocycles. The first kappa shape index (κ1) is 25.1. The topological polar surface area (TPSA) is 62.1 Å². The van der Waals surface area contributed by atoms with Crippen LogP contribution in [0.4, 0.5) is 11.4 Å². The monoisotopic (exact) mass is 550 g/mol. The summed E-state index contributed by atoms with van der Waals surface area (Å²) in [6.07, 6.45) is 1.80. The Morgan fingerprint density at radius 2 is 1.69 bits per heavy atom. The van der Waals surface area contributed by atoms with E-state index in [-0.39, 0.29) is 11.7 Å². The molecule has 0 atom stereocenters. The van der Waals surface area contributed by atoms with Crippen LogP contribution in [0, 0.1) is 27.7 Å². The summed E-state index contributed by atoms with van der Waals surface area (Å²) in [6.45, 7) is 10.5. The maximum Gasteiger partial charge on any atom is 0.271 e. The minimum absolute atomic E-state index is 0.0353. The van der Waals surface area contributed by atoms with Crippen molar-refractivity contribution in [2.24, 2.45) is 4.99 Å². The quantitative estimate of drug-likeness (QED) is 0.332. The lowest BCUT2D eigenvalue weighted by Gasteiger charge is -2.17. The van der Waals surface area contributed by atoms with Crippen molar-refractivity contribution in [2.45, 2.75) is 34.6 Å². The van der Waals surface area contributed by atoms with E-state index >= 15 is 0 Å². The molecule has 3 aromatic rings. The van der Waals surface area contributed by atoms with E-state index in [0.29, 0.717) is 26.9 Å². The van der Waals surface area contributed by atoms with Gasteiger partial charge in [-0.05, 0) is 133 Å². The lowest BCUT2D eigenvalue weighted by Crippen LogP contribution is -2.28. The number of aromatic hydroxyl groups is 1. The Kier molecular flexibility index (Phi) is 7.38. The van der Waals surface area contributed by atoms with Gasteiger partial charge in [0.2, 0.25) is 0 Å². The summed E-state index contributed by atoms with van der Waals surface area (Å²) in [5.74, 6) is 0.246. The Balaban J connectivity index is 1.81. The number of nitrogens with zero attached hydrogens (tertiary/aromatic N) is 2. The van der Waals surface area contributed by atoms with Gasteiger partial charge in [0.05, 0.1) is 27.4 Å². The maximum atomic E-state index is 13.7. The molecule has 1 heterocycles. The predicted octanol–water partition coefficient (Wildman–Crippen LogP) is 7.60. The number of benzene rings is 3. The number of hydrogen-bond acceptors (Lipinski definition) is 5. The second-order valence-electron chi connectivity index (χ2n) is 8.47. The van der Waals surface area contributed by atoms with Crippen LogP contribution in [-0.4, -0.2) is 22.8 Å². The highest BCUT2D eigenvalue weighted by atomic mass is 79.9. The Morgan fingerprint density at radius 3 is 2.34 bits per heavy atom. The van der Waals surface area contributed by atoms with E-state index in [1.807, 2.05) is 57.2 Å². The van der Waals surface area contributed by atoms with Crippen LogP contribution in [-0.2, 0) is 4.79 Å². The van der Waals surface area contributed by atoms with Gasteiger partial charge in [-0.3, -0.25) is 9.69 Å². The Labute approximate surface area is 218 Å². The molecule has 1 N–H and O–H groups in total. The zero-order valence-corrected chi connectivity index (χ0v) is 22.8. The van der Waals surface area contributed by atoms with Gasteiger partial charge in [-0.15, -0.1) is 0 Å². The number of phenols is 1. The number of hydrogen-bond donors (Lipinski definition) is 1. The molecule has 0 bridgehead atoms. The maximum absolute atomic E-state index is 13.7. The van der Waals surface area contributed by atoms with Crippen molar-refractivity contribution in [1.82, 2.24) is 0 Å². The van der Waals surface area contributed by atoms with Crippen LogP contribution < -0.4 is 9.64 Å². The summed E-state index contributed by atoms with van der Waals surface area (Å²) in [5.41, 5.74) is 6.91. The van der Waals surface area contributed by atoms with Crippen LogP contribution in [0.1, 0.15) is 34.7 Å². The lowest BCUT2D eigenvalue weighted by atomic mass is 10.1.